The van der Waals surface area contributed by atoms with Crippen molar-refractivity contribution >= 4 is 28.5 Å². The Morgan fingerprint density at radius 3 is 2.67 bits per heavy atom. The molecule has 2 rings (SSSR count). The topological polar surface area (TPSA) is 43.8 Å². The number of hydrogen-bond donors (Lipinski definition) is 1. The van der Waals surface area contributed by atoms with E-state index in [0.717, 1.165) is 23.1 Å². The molecule has 6 heteroatoms. The quantitative estimate of drug-likeness (QED) is 0.778. The zero-order valence-electron chi connectivity index (χ0n) is 12.1. The Hall–Kier alpha value is -0.730. The molecule has 0 radical (unpaired) electrons. The molecule has 1 aromatic rings. The zero-order chi connectivity index (χ0) is 15.4. The predicted octanol–water partition coefficient (Wildman–Crippen LogP) is 1.96. The van der Waals surface area contributed by atoms with Crippen LogP contribution in [0.5, 0.6) is 0 Å². The molecule has 1 atom stereocenters. The molecular weight excluding hydrogens is 386 g/mol. The lowest BCUT2D eigenvalue weighted by atomic mass is 10.1. The van der Waals surface area contributed by atoms with Gasteiger partial charge in [0.1, 0.15) is 5.82 Å². The standard InChI is InChI=1S/C15H20FIN2O2/c1-2-12(20)10-18-5-7-19(8-6-18)15(21)13-9-11(16)3-4-14(13)17/h3-4,9,12,20H,2,5-8,10H2,1H3. The molecule has 116 valence electrons. The minimum atomic E-state index is -0.386. The molecule has 1 unspecified atom stereocenters. The fourth-order valence-corrected chi connectivity index (χ4v) is 2.96. The van der Waals surface area contributed by atoms with Gasteiger partial charge in [-0.2, -0.15) is 0 Å². The number of carbonyl (C=O) groups excluding carboxylic acids is 1. The van der Waals surface area contributed by atoms with Crippen LogP contribution >= 0.6 is 22.6 Å². The van der Waals surface area contributed by atoms with E-state index in [4.69, 9.17) is 0 Å². The third-order valence-corrected chi connectivity index (χ3v) is 4.70. The summed E-state index contributed by atoms with van der Waals surface area (Å²) in [6.45, 7) is 5.32. The van der Waals surface area contributed by atoms with Crippen molar-refractivity contribution in [3.05, 3.63) is 33.1 Å². The van der Waals surface area contributed by atoms with Crippen molar-refractivity contribution in [3.8, 4) is 0 Å². The van der Waals surface area contributed by atoms with Crippen LogP contribution < -0.4 is 0 Å². The van der Waals surface area contributed by atoms with Crippen LogP contribution in [0, 0.1) is 9.39 Å². The van der Waals surface area contributed by atoms with Gasteiger partial charge < -0.3 is 10.0 Å². The second kappa shape index (κ2) is 7.51. The molecule has 0 aliphatic carbocycles. The highest BCUT2D eigenvalue weighted by Crippen LogP contribution is 2.17. The number of benzene rings is 1. The molecule has 1 N–H and O–H groups in total. The molecule has 21 heavy (non-hydrogen) atoms. The fraction of sp³-hybridized carbons (Fsp3) is 0.533. The molecule has 4 nitrogen and oxygen atoms in total. The van der Waals surface area contributed by atoms with Crippen LogP contribution in [0.1, 0.15) is 23.7 Å². The maximum atomic E-state index is 13.3. The maximum Gasteiger partial charge on any atom is 0.255 e. The Kier molecular flexibility index (Phi) is 5.95. The summed E-state index contributed by atoms with van der Waals surface area (Å²) < 4.78 is 14.1. The molecule has 1 aliphatic rings. The number of halogens is 2. The van der Waals surface area contributed by atoms with E-state index in [1.165, 1.54) is 12.1 Å². The van der Waals surface area contributed by atoms with E-state index in [-0.39, 0.29) is 17.8 Å². The Labute approximate surface area is 138 Å². The number of carbonyl (C=O) groups is 1. The first-order valence-corrected chi connectivity index (χ1v) is 8.24. The number of nitrogens with zero attached hydrogens (tertiary/aromatic N) is 2. The molecule has 0 bridgehead atoms. The maximum absolute atomic E-state index is 13.3. The van der Waals surface area contributed by atoms with Crippen molar-refractivity contribution in [2.45, 2.75) is 19.4 Å². The lowest BCUT2D eigenvalue weighted by Gasteiger charge is -2.35. The number of aliphatic hydroxyl groups excluding tert-OH is 1. The van der Waals surface area contributed by atoms with Gasteiger partial charge in [0.2, 0.25) is 0 Å². The van der Waals surface area contributed by atoms with Gasteiger partial charge >= 0.3 is 0 Å². The molecule has 1 aromatic carbocycles. The van der Waals surface area contributed by atoms with E-state index in [9.17, 15) is 14.3 Å². The SMILES string of the molecule is CCC(O)CN1CCN(C(=O)c2cc(F)ccc2I)CC1. The smallest absolute Gasteiger partial charge is 0.255 e. The van der Waals surface area contributed by atoms with Gasteiger partial charge in [-0.05, 0) is 47.2 Å². The third-order valence-electron chi connectivity index (χ3n) is 3.76. The van der Waals surface area contributed by atoms with E-state index in [2.05, 4.69) is 27.5 Å². The van der Waals surface area contributed by atoms with Gasteiger partial charge in [0.05, 0.1) is 11.7 Å². The lowest BCUT2D eigenvalue weighted by Crippen LogP contribution is -2.50. The third kappa shape index (κ3) is 4.37. The Morgan fingerprint density at radius 1 is 1.38 bits per heavy atom. The molecule has 1 fully saturated rings. The van der Waals surface area contributed by atoms with Crippen molar-refractivity contribution in [2.75, 3.05) is 32.7 Å². The largest absolute Gasteiger partial charge is 0.392 e. The number of piperazine rings is 1. The van der Waals surface area contributed by atoms with E-state index in [1.807, 2.05) is 6.92 Å². The van der Waals surface area contributed by atoms with Crippen molar-refractivity contribution in [1.29, 1.82) is 0 Å². The monoisotopic (exact) mass is 406 g/mol. The molecule has 0 saturated carbocycles. The summed E-state index contributed by atoms with van der Waals surface area (Å²) in [5.41, 5.74) is 0.428. The van der Waals surface area contributed by atoms with E-state index in [1.54, 1.807) is 11.0 Å². The van der Waals surface area contributed by atoms with E-state index < -0.39 is 0 Å². The van der Waals surface area contributed by atoms with E-state index in [0.29, 0.717) is 25.2 Å². The molecular formula is C15H20FIN2O2. The fourth-order valence-electron chi connectivity index (χ4n) is 2.39. The average molecular weight is 406 g/mol. The summed E-state index contributed by atoms with van der Waals surface area (Å²) in [4.78, 5) is 16.4. The summed E-state index contributed by atoms with van der Waals surface area (Å²) in [5.74, 6) is -0.502. The highest BCUT2D eigenvalue weighted by atomic mass is 127. The minimum Gasteiger partial charge on any atom is -0.392 e. The first-order chi connectivity index (χ1) is 10.0. The van der Waals surface area contributed by atoms with Gasteiger partial charge in [-0.1, -0.05) is 6.92 Å². The van der Waals surface area contributed by atoms with Gasteiger partial charge in [0.15, 0.2) is 0 Å². The predicted molar refractivity (Wildman–Crippen MR) is 87.8 cm³/mol. The number of rotatable bonds is 4. The van der Waals surface area contributed by atoms with Crippen LogP contribution in [-0.4, -0.2) is 59.6 Å². The highest BCUT2D eigenvalue weighted by Gasteiger charge is 2.24. The van der Waals surface area contributed by atoms with Gasteiger partial charge in [0, 0.05) is 36.3 Å². The van der Waals surface area contributed by atoms with Crippen LogP contribution in [0.4, 0.5) is 4.39 Å². The Bertz CT molecular complexity index is 504. The van der Waals surface area contributed by atoms with Crippen molar-refractivity contribution < 1.29 is 14.3 Å². The molecule has 1 saturated heterocycles. The van der Waals surface area contributed by atoms with Gasteiger partial charge in [-0.15, -0.1) is 0 Å². The summed E-state index contributed by atoms with van der Waals surface area (Å²) in [6, 6.07) is 4.29. The summed E-state index contributed by atoms with van der Waals surface area (Å²) in [5, 5.41) is 9.67. The van der Waals surface area contributed by atoms with Crippen molar-refractivity contribution in [2.24, 2.45) is 0 Å². The summed E-state index contributed by atoms with van der Waals surface area (Å²) >= 11 is 2.06. The van der Waals surface area contributed by atoms with Crippen LogP contribution in [0.15, 0.2) is 18.2 Å². The van der Waals surface area contributed by atoms with Crippen LogP contribution in [0.3, 0.4) is 0 Å². The lowest BCUT2D eigenvalue weighted by molar-refractivity contribution is 0.0522. The molecule has 0 spiro atoms. The number of hydrogen-bond acceptors (Lipinski definition) is 3. The van der Waals surface area contributed by atoms with Crippen LogP contribution in [0.25, 0.3) is 0 Å². The molecule has 1 heterocycles. The van der Waals surface area contributed by atoms with Gasteiger partial charge in [-0.25, -0.2) is 4.39 Å². The van der Waals surface area contributed by atoms with Crippen molar-refractivity contribution in [3.63, 3.8) is 0 Å². The number of amides is 1. The zero-order valence-corrected chi connectivity index (χ0v) is 14.2. The normalized spacial score (nSPS) is 17.8. The summed E-state index contributed by atoms with van der Waals surface area (Å²) in [6.07, 6.45) is 0.428. The Balaban J connectivity index is 1.95. The molecule has 1 amide bonds. The number of aliphatic hydroxyl groups is 1. The van der Waals surface area contributed by atoms with Crippen LogP contribution in [-0.2, 0) is 0 Å². The minimum absolute atomic E-state index is 0.116. The highest BCUT2D eigenvalue weighted by molar-refractivity contribution is 14.1. The second-order valence-electron chi connectivity index (χ2n) is 5.28. The number of β-amino-alcohol motifs (C(OH)–C–C–N with tert-alkyl or cyclic N) is 1. The summed E-state index contributed by atoms with van der Waals surface area (Å²) in [7, 11) is 0. The molecule has 0 aromatic heterocycles. The average Bonchev–Trinajstić information content (AvgIpc) is 2.49. The van der Waals surface area contributed by atoms with Gasteiger partial charge in [-0.3, -0.25) is 9.69 Å². The van der Waals surface area contributed by atoms with Crippen LogP contribution in [0.2, 0.25) is 0 Å². The first kappa shape index (κ1) is 16.6. The first-order valence-electron chi connectivity index (χ1n) is 7.16. The van der Waals surface area contributed by atoms with E-state index >= 15 is 0 Å². The second-order valence-corrected chi connectivity index (χ2v) is 6.44. The molecule has 1 aliphatic heterocycles. The van der Waals surface area contributed by atoms with Gasteiger partial charge in [0.25, 0.3) is 5.91 Å². The van der Waals surface area contributed by atoms with Crippen molar-refractivity contribution in [1.82, 2.24) is 9.80 Å². The Morgan fingerprint density at radius 2 is 2.05 bits per heavy atom.